The van der Waals surface area contributed by atoms with Gasteiger partial charge in [-0.1, -0.05) is 6.92 Å². The van der Waals surface area contributed by atoms with Gasteiger partial charge in [0, 0.05) is 29.5 Å². The summed E-state index contributed by atoms with van der Waals surface area (Å²) in [6, 6.07) is 13.5. The Morgan fingerprint density at radius 2 is 1.92 bits per heavy atom. The molecule has 0 saturated carbocycles. The van der Waals surface area contributed by atoms with Crippen molar-refractivity contribution in [3.8, 4) is 18.2 Å². The SMILES string of the molecule is CCC(c1cncc(C#N)c1)n1ccc2c(C#N)c(C#N)ccc21. The average Bonchev–Trinajstić information content (AvgIpc) is 3.05. The summed E-state index contributed by atoms with van der Waals surface area (Å²) < 4.78 is 2.06. The van der Waals surface area contributed by atoms with E-state index in [0.29, 0.717) is 16.7 Å². The van der Waals surface area contributed by atoms with Gasteiger partial charge in [0.05, 0.1) is 22.7 Å². The Balaban J connectivity index is 2.20. The largest absolute Gasteiger partial charge is 0.340 e. The number of pyridine rings is 1. The molecular weight excluding hydrogens is 298 g/mol. The number of nitriles is 3. The van der Waals surface area contributed by atoms with Crippen molar-refractivity contribution in [1.29, 1.82) is 15.8 Å². The Hall–Kier alpha value is -3.62. The number of benzene rings is 1. The number of rotatable bonds is 3. The van der Waals surface area contributed by atoms with Crippen LogP contribution in [0.2, 0.25) is 0 Å². The zero-order chi connectivity index (χ0) is 17.1. The Kier molecular flexibility index (Phi) is 3.98. The molecule has 0 N–H and O–H groups in total. The van der Waals surface area contributed by atoms with E-state index in [2.05, 4.69) is 34.7 Å². The first-order valence-corrected chi connectivity index (χ1v) is 7.52. The average molecular weight is 311 g/mol. The molecule has 1 unspecified atom stereocenters. The number of aromatic nitrogens is 2. The van der Waals surface area contributed by atoms with Gasteiger partial charge in [0.2, 0.25) is 0 Å². The third-order valence-corrected chi connectivity index (χ3v) is 4.13. The van der Waals surface area contributed by atoms with E-state index in [1.54, 1.807) is 12.3 Å². The van der Waals surface area contributed by atoms with E-state index in [-0.39, 0.29) is 6.04 Å². The lowest BCUT2D eigenvalue weighted by Crippen LogP contribution is -2.09. The molecule has 0 spiro atoms. The van der Waals surface area contributed by atoms with Gasteiger partial charge in [-0.2, -0.15) is 15.8 Å². The van der Waals surface area contributed by atoms with Crippen molar-refractivity contribution in [2.75, 3.05) is 0 Å². The highest BCUT2D eigenvalue weighted by Gasteiger charge is 2.17. The number of hydrogen-bond acceptors (Lipinski definition) is 4. The van der Waals surface area contributed by atoms with Crippen LogP contribution in [0.1, 0.15) is 41.6 Å². The second kappa shape index (κ2) is 6.24. The van der Waals surface area contributed by atoms with E-state index in [1.807, 2.05) is 24.4 Å². The molecule has 0 amide bonds. The minimum Gasteiger partial charge on any atom is -0.340 e. The molecule has 2 aromatic heterocycles. The molecule has 3 rings (SSSR count). The van der Waals surface area contributed by atoms with Crippen LogP contribution in [0.15, 0.2) is 42.9 Å². The van der Waals surface area contributed by atoms with E-state index < -0.39 is 0 Å². The first-order chi connectivity index (χ1) is 11.7. The van der Waals surface area contributed by atoms with Crippen LogP contribution in [-0.4, -0.2) is 9.55 Å². The van der Waals surface area contributed by atoms with Crippen LogP contribution in [0.25, 0.3) is 10.9 Å². The van der Waals surface area contributed by atoms with E-state index in [4.69, 9.17) is 10.5 Å². The molecule has 114 valence electrons. The van der Waals surface area contributed by atoms with Crippen molar-refractivity contribution in [3.63, 3.8) is 0 Å². The Morgan fingerprint density at radius 3 is 2.58 bits per heavy atom. The summed E-state index contributed by atoms with van der Waals surface area (Å²) in [5.74, 6) is 0. The Morgan fingerprint density at radius 1 is 1.08 bits per heavy atom. The fourth-order valence-electron chi connectivity index (χ4n) is 3.02. The highest BCUT2D eigenvalue weighted by Crippen LogP contribution is 2.30. The second-order valence-corrected chi connectivity index (χ2v) is 5.41. The van der Waals surface area contributed by atoms with Gasteiger partial charge in [-0.25, -0.2) is 0 Å². The smallest absolute Gasteiger partial charge is 0.101 e. The molecule has 3 aromatic rings. The molecule has 2 heterocycles. The fourth-order valence-corrected chi connectivity index (χ4v) is 3.02. The summed E-state index contributed by atoms with van der Waals surface area (Å²) in [4.78, 5) is 4.14. The van der Waals surface area contributed by atoms with Crippen molar-refractivity contribution in [3.05, 3.63) is 65.1 Å². The maximum absolute atomic E-state index is 9.38. The number of hydrogen-bond donors (Lipinski definition) is 0. The summed E-state index contributed by atoms with van der Waals surface area (Å²) in [5.41, 5.74) is 3.13. The van der Waals surface area contributed by atoms with Crippen LogP contribution in [0.5, 0.6) is 0 Å². The lowest BCUT2D eigenvalue weighted by Gasteiger charge is -2.19. The van der Waals surface area contributed by atoms with E-state index >= 15 is 0 Å². The van der Waals surface area contributed by atoms with Gasteiger partial charge in [-0.15, -0.1) is 0 Å². The first-order valence-electron chi connectivity index (χ1n) is 7.52. The van der Waals surface area contributed by atoms with Crippen LogP contribution < -0.4 is 0 Å². The quantitative estimate of drug-likeness (QED) is 0.738. The van der Waals surface area contributed by atoms with Crippen molar-refractivity contribution in [2.24, 2.45) is 0 Å². The van der Waals surface area contributed by atoms with Crippen LogP contribution in [0.4, 0.5) is 0 Å². The van der Waals surface area contributed by atoms with Gasteiger partial charge in [-0.3, -0.25) is 4.98 Å². The maximum Gasteiger partial charge on any atom is 0.101 e. The monoisotopic (exact) mass is 311 g/mol. The topological polar surface area (TPSA) is 89.2 Å². The van der Waals surface area contributed by atoms with Crippen LogP contribution >= 0.6 is 0 Å². The van der Waals surface area contributed by atoms with Gasteiger partial charge in [-0.05, 0) is 36.2 Å². The molecule has 0 aliphatic carbocycles. The predicted octanol–water partition coefficient (Wildman–Crippen LogP) is 3.65. The van der Waals surface area contributed by atoms with E-state index in [0.717, 1.165) is 22.9 Å². The zero-order valence-corrected chi connectivity index (χ0v) is 13.1. The normalized spacial score (nSPS) is 11.4. The molecular formula is C19H13N5. The highest BCUT2D eigenvalue weighted by molar-refractivity contribution is 5.88. The molecule has 0 fully saturated rings. The molecule has 1 atom stereocenters. The highest BCUT2D eigenvalue weighted by atomic mass is 15.0. The second-order valence-electron chi connectivity index (χ2n) is 5.41. The van der Waals surface area contributed by atoms with E-state index in [9.17, 15) is 5.26 Å². The molecule has 24 heavy (non-hydrogen) atoms. The molecule has 0 saturated heterocycles. The lowest BCUT2D eigenvalue weighted by atomic mass is 10.0. The fraction of sp³-hybridized carbons (Fsp3) is 0.158. The minimum absolute atomic E-state index is 0.00257. The van der Waals surface area contributed by atoms with E-state index in [1.165, 1.54) is 6.20 Å². The summed E-state index contributed by atoms with van der Waals surface area (Å²) >= 11 is 0. The van der Waals surface area contributed by atoms with Crippen molar-refractivity contribution >= 4 is 10.9 Å². The van der Waals surface area contributed by atoms with Gasteiger partial charge < -0.3 is 4.57 Å². The summed E-state index contributed by atoms with van der Waals surface area (Å²) in [6.07, 6.45) is 6.02. The summed E-state index contributed by atoms with van der Waals surface area (Å²) in [6.45, 7) is 2.06. The van der Waals surface area contributed by atoms with Crippen molar-refractivity contribution < 1.29 is 0 Å². The summed E-state index contributed by atoms with van der Waals surface area (Å²) in [7, 11) is 0. The summed E-state index contributed by atoms with van der Waals surface area (Å²) in [5, 5.41) is 28.4. The zero-order valence-electron chi connectivity index (χ0n) is 13.1. The van der Waals surface area contributed by atoms with Crippen LogP contribution in [0.3, 0.4) is 0 Å². The third-order valence-electron chi connectivity index (χ3n) is 4.13. The molecule has 5 heteroatoms. The first kappa shape index (κ1) is 15.3. The molecule has 0 radical (unpaired) electrons. The van der Waals surface area contributed by atoms with Crippen LogP contribution in [0, 0.1) is 34.0 Å². The standard InChI is InChI=1S/C19H13N5/c1-2-18(15-7-13(8-20)11-23-12-15)24-6-5-16-17(10-22)14(9-21)3-4-19(16)24/h3-7,11-12,18H,2H2,1H3. The minimum atomic E-state index is 0.00257. The molecule has 0 bridgehead atoms. The Bertz CT molecular complexity index is 1040. The lowest BCUT2D eigenvalue weighted by molar-refractivity contribution is 0.583. The number of nitrogens with zero attached hydrogens (tertiary/aromatic N) is 5. The van der Waals surface area contributed by atoms with Crippen molar-refractivity contribution in [2.45, 2.75) is 19.4 Å². The molecule has 0 aliphatic heterocycles. The molecule has 5 nitrogen and oxygen atoms in total. The molecule has 1 aromatic carbocycles. The molecule has 0 aliphatic rings. The van der Waals surface area contributed by atoms with Gasteiger partial charge >= 0.3 is 0 Å². The van der Waals surface area contributed by atoms with Crippen LogP contribution in [-0.2, 0) is 0 Å². The van der Waals surface area contributed by atoms with Gasteiger partial charge in [0.25, 0.3) is 0 Å². The predicted molar refractivity (Wildman–Crippen MR) is 88.8 cm³/mol. The van der Waals surface area contributed by atoms with Crippen molar-refractivity contribution in [1.82, 2.24) is 9.55 Å². The maximum atomic E-state index is 9.38. The van der Waals surface area contributed by atoms with Gasteiger partial charge in [0.15, 0.2) is 0 Å². The Labute approximate surface area is 139 Å². The number of fused-ring (bicyclic) bond motifs is 1. The van der Waals surface area contributed by atoms with Gasteiger partial charge in [0.1, 0.15) is 18.2 Å². The third kappa shape index (κ3) is 2.37.